The average Bonchev–Trinajstić information content (AvgIpc) is 3.18. The molecule has 1 aromatic carbocycles. The van der Waals surface area contributed by atoms with Crippen LogP contribution in [0.25, 0.3) is 10.4 Å². The van der Waals surface area contributed by atoms with E-state index in [0.717, 1.165) is 16.9 Å². The number of carbonyl (C=O) groups excluding carboxylic acids is 5. The second kappa shape index (κ2) is 9.63. The number of halogens is 3. The van der Waals surface area contributed by atoms with Crippen LogP contribution in [-0.4, -0.2) is 65.4 Å². The zero-order chi connectivity index (χ0) is 25.2. The zero-order valence-corrected chi connectivity index (χ0v) is 18.7. The Morgan fingerprint density at radius 3 is 2.26 bits per heavy atom. The van der Waals surface area contributed by atoms with E-state index in [1.54, 1.807) is 44.2 Å². The molecule has 0 saturated carbocycles. The highest BCUT2D eigenvalue weighted by atomic mass is 32.1. The van der Waals surface area contributed by atoms with Crippen molar-refractivity contribution in [3.8, 4) is 10.4 Å². The molecule has 9 nitrogen and oxygen atoms in total. The van der Waals surface area contributed by atoms with Gasteiger partial charge in [0.25, 0.3) is 0 Å². The van der Waals surface area contributed by atoms with Gasteiger partial charge in [0.15, 0.2) is 0 Å². The van der Waals surface area contributed by atoms with Gasteiger partial charge >= 0.3 is 30.0 Å². The van der Waals surface area contributed by atoms with Crippen molar-refractivity contribution in [3.05, 3.63) is 41.5 Å². The fraction of sp³-hybridized carbons (Fsp3) is 0.286. The third-order valence-corrected chi connectivity index (χ3v) is 5.95. The smallest absolute Gasteiger partial charge is 0.406 e. The number of imide groups is 2. The molecular weight excluding hydrogens is 479 g/mol. The first-order valence-corrected chi connectivity index (χ1v) is 10.7. The lowest BCUT2D eigenvalue weighted by atomic mass is 10.1. The van der Waals surface area contributed by atoms with Crippen molar-refractivity contribution < 1.29 is 41.9 Å². The largest absolute Gasteiger partial charge is 0.462 e. The van der Waals surface area contributed by atoms with E-state index < -0.39 is 49.0 Å². The molecule has 1 N–H and O–H groups in total. The highest BCUT2D eigenvalue weighted by molar-refractivity contribution is 7.20. The first-order chi connectivity index (χ1) is 15.9. The number of nitrogens with one attached hydrogen (secondary N) is 1. The Morgan fingerprint density at radius 2 is 1.68 bits per heavy atom. The van der Waals surface area contributed by atoms with Gasteiger partial charge in [0, 0.05) is 4.88 Å². The molecule has 1 aliphatic heterocycles. The van der Waals surface area contributed by atoms with Gasteiger partial charge in [-0.2, -0.15) is 13.2 Å². The highest BCUT2D eigenvalue weighted by Gasteiger charge is 2.49. The Balaban J connectivity index is 1.85. The molecule has 0 atom stereocenters. The van der Waals surface area contributed by atoms with E-state index in [-0.39, 0.29) is 27.0 Å². The summed E-state index contributed by atoms with van der Waals surface area (Å²) in [6.45, 7) is 0.353. The first kappa shape index (κ1) is 24.9. The Kier molecular flexibility index (Phi) is 7.05. The van der Waals surface area contributed by atoms with Crippen LogP contribution in [-0.2, 0) is 19.1 Å². The fourth-order valence-corrected chi connectivity index (χ4v) is 4.45. The van der Waals surface area contributed by atoms with Gasteiger partial charge in [-0.25, -0.2) is 19.4 Å². The molecule has 5 amide bonds. The molecule has 1 aromatic heterocycles. The molecule has 0 bridgehead atoms. The molecule has 2 aromatic rings. The second-order valence-corrected chi connectivity index (χ2v) is 8.10. The molecule has 0 unspecified atom stereocenters. The number of benzene rings is 1. The van der Waals surface area contributed by atoms with E-state index in [4.69, 9.17) is 4.74 Å². The van der Waals surface area contributed by atoms with Gasteiger partial charge in [0.2, 0.25) is 5.91 Å². The molecule has 2 heterocycles. The number of alkyl halides is 3. The maximum Gasteiger partial charge on any atom is 0.406 e. The van der Waals surface area contributed by atoms with Crippen LogP contribution in [0, 0.1) is 6.92 Å². The SMILES string of the molecule is CCOC(=O)c1c(NC(=O)CN2C(=O)C(=O)N(CC(F)(F)F)C2=O)sc(-c2ccccc2)c1C. The van der Waals surface area contributed by atoms with Crippen LogP contribution >= 0.6 is 11.3 Å². The van der Waals surface area contributed by atoms with Gasteiger partial charge in [0.05, 0.1) is 12.2 Å². The van der Waals surface area contributed by atoms with Crippen LogP contribution < -0.4 is 5.32 Å². The van der Waals surface area contributed by atoms with E-state index >= 15 is 0 Å². The number of urea groups is 1. The second-order valence-electron chi connectivity index (χ2n) is 7.08. The molecule has 34 heavy (non-hydrogen) atoms. The van der Waals surface area contributed by atoms with Crippen LogP contribution in [0.15, 0.2) is 30.3 Å². The van der Waals surface area contributed by atoms with Crippen molar-refractivity contribution in [1.82, 2.24) is 9.80 Å². The minimum Gasteiger partial charge on any atom is -0.462 e. The molecule has 0 aliphatic carbocycles. The summed E-state index contributed by atoms with van der Waals surface area (Å²) < 4.78 is 42.9. The number of nitrogens with zero attached hydrogens (tertiary/aromatic N) is 2. The maximum atomic E-state index is 12.6. The van der Waals surface area contributed by atoms with Gasteiger partial charge in [-0.05, 0) is 25.0 Å². The lowest BCUT2D eigenvalue weighted by molar-refractivity contribution is -0.156. The number of rotatable bonds is 7. The number of ether oxygens (including phenoxy) is 1. The number of thiophene rings is 1. The number of carbonyl (C=O) groups is 5. The number of amides is 5. The summed E-state index contributed by atoms with van der Waals surface area (Å²) in [5.41, 5.74) is 1.34. The van der Waals surface area contributed by atoms with Gasteiger partial charge in [-0.3, -0.25) is 14.4 Å². The number of anilines is 1. The van der Waals surface area contributed by atoms with E-state index in [2.05, 4.69) is 5.32 Å². The Labute approximate surface area is 195 Å². The number of hydrogen-bond donors (Lipinski definition) is 1. The summed E-state index contributed by atoms with van der Waals surface area (Å²) in [6, 6.07) is 7.40. The van der Waals surface area contributed by atoms with Crippen LogP contribution in [0.4, 0.5) is 23.0 Å². The highest BCUT2D eigenvalue weighted by Crippen LogP contribution is 2.40. The van der Waals surface area contributed by atoms with Crippen molar-refractivity contribution in [2.45, 2.75) is 20.0 Å². The lowest BCUT2D eigenvalue weighted by Gasteiger charge is -2.16. The van der Waals surface area contributed by atoms with Crippen LogP contribution in [0.1, 0.15) is 22.8 Å². The predicted molar refractivity (Wildman–Crippen MR) is 114 cm³/mol. The summed E-state index contributed by atoms with van der Waals surface area (Å²) in [6.07, 6.45) is -4.92. The van der Waals surface area contributed by atoms with Gasteiger partial charge < -0.3 is 10.1 Å². The van der Waals surface area contributed by atoms with Crippen molar-refractivity contribution in [1.29, 1.82) is 0 Å². The minimum atomic E-state index is -4.92. The van der Waals surface area contributed by atoms with E-state index in [1.807, 2.05) is 0 Å². The molecule has 0 spiro atoms. The van der Waals surface area contributed by atoms with Crippen LogP contribution in [0.3, 0.4) is 0 Å². The standard InChI is InChI=1S/C21H18F3N3O6S/c1-3-33-19(31)14-11(2)15(12-7-5-4-6-8-12)34-16(14)25-13(28)9-26-17(29)18(30)27(20(26)32)10-21(22,23)24/h4-8H,3,9-10H2,1-2H3,(H,25,28). The monoisotopic (exact) mass is 497 g/mol. The summed E-state index contributed by atoms with van der Waals surface area (Å²) in [5, 5.41) is 2.47. The molecule has 180 valence electrons. The van der Waals surface area contributed by atoms with Crippen molar-refractivity contribution in [2.75, 3.05) is 25.0 Å². The summed E-state index contributed by atoms with van der Waals surface area (Å²) in [4.78, 5) is 61.6. The van der Waals surface area contributed by atoms with Crippen molar-refractivity contribution in [3.63, 3.8) is 0 Å². The van der Waals surface area contributed by atoms with E-state index in [0.29, 0.717) is 10.4 Å². The average molecular weight is 497 g/mol. The van der Waals surface area contributed by atoms with E-state index in [9.17, 15) is 37.1 Å². The Hall–Kier alpha value is -3.74. The Morgan fingerprint density at radius 1 is 1.06 bits per heavy atom. The van der Waals surface area contributed by atoms with Crippen molar-refractivity contribution in [2.24, 2.45) is 0 Å². The van der Waals surface area contributed by atoms with Gasteiger partial charge in [0.1, 0.15) is 18.1 Å². The third kappa shape index (κ3) is 5.09. The predicted octanol–water partition coefficient (Wildman–Crippen LogP) is 3.19. The maximum absolute atomic E-state index is 12.6. The molecular formula is C21H18F3N3O6S. The Bertz CT molecular complexity index is 1160. The summed E-state index contributed by atoms with van der Waals surface area (Å²) in [7, 11) is 0. The molecule has 13 heteroatoms. The summed E-state index contributed by atoms with van der Waals surface area (Å²) in [5.74, 6) is -4.94. The van der Waals surface area contributed by atoms with Gasteiger partial charge in [-0.1, -0.05) is 30.3 Å². The van der Waals surface area contributed by atoms with E-state index in [1.165, 1.54) is 0 Å². The number of esters is 1. The molecule has 1 fully saturated rings. The zero-order valence-electron chi connectivity index (χ0n) is 17.9. The summed E-state index contributed by atoms with van der Waals surface area (Å²) >= 11 is 1.04. The quantitative estimate of drug-likeness (QED) is 0.357. The molecule has 1 saturated heterocycles. The minimum absolute atomic E-state index is 0.0629. The van der Waals surface area contributed by atoms with Crippen molar-refractivity contribution >= 4 is 46.1 Å². The van der Waals surface area contributed by atoms with Crippen LogP contribution in [0.5, 0.6) is 0 Å². The number of hydrogen-bond acceptors (Lipinski definition) is 7. The normalized spacial score (nSPS) is 14.1. The molecule has 3 rings (SSSR count). The first-order valence-electron chi connectivity index (χ1n) is 9.84. The lowest BCUT2D eigenvalue weighted by Crippen LogP contribution is -2.41. The fourth-order valence-electron chi connectivity index (χ4n) is 3.23. The third-order valence-electron chi connectivity index (χ3n) is 4.69. The molecule has 1 aliphatic rings. The van der Waals surface area contributed by atoms with Crippen LogP contribution in [0.2, 0.25) is 0 Å². The molecule has 0 radical (unpaired) electrons. The van der Waals surface area contributed by atoms with Gasteiger partial charge in [-0.15, -0.1) is 11.3 Å². The topological polar surface area (TPSA) is 113 Å².